The van der Waals surface area contributed by atoms with E-state index in [1.54, 1.807) is 12.4 Å². The van der Waals surface area contributed by atoms with Crippen LogP contribution >= 0.6 is 12.2 Å². The quantitative estimate of drug-likeness (QED) is 0.509. The largest absolute Gasteiger partial charge is 0.300 e. The van der Waals surface area contributed by atoms with Gasteiger partial charge in [-0.25, -0.2) is 9.97 Å². The van der Waals surface area contributed by atoms with Crippen molar-refractivity contribution in [2.45, 2.75) is 13.8 Å². The lowest BCUT2D eigenvalue weighted by Gasteiger charge is -2.06. The Hall–Kier alpha value is -2.41. The van der Waals surface area contributed by atoms with E-state index in [-0.39, 0.29) is 0 Å². The zero-order valence-electron chi connectivity index (χ0n) is 11.2. The monoisotopic (exact) mass is 286 g/mol. The molecule has 0 radical (unpaired) electrons. The van der Waals surface area contributed by atoms with Crippen LogP contribution in [0.4, 0.5) is 5.95 Å². The number of thiocarbonyl (C=S) groups is 1. The minimum Gasteiger partial charge on any atom is -0.300 e. The first kappa shape index (κ1) is 14.0. The minimum absolute atomic E-state index is 0.321. The van der Waals surface area contributed by atoms with Crippen molar-refractivity contribution in [3.05, 3.63) is 47.5 Å². The zero-order valence-corrected chi connectivity index (χ0v) is 12.0. The van der Waals surface area contributed by atoms with Crippen molar-refractivity contribution < 1.29 is 0 Å². The van der Waals surface area contributed by atoms with Crippen molar-refractivity contribution in [2.24, 2.45) is 5.10 Å². The third-order valence-electron chi connectivity index (χ3n) is 2.26. The number of hydrazone groups is 1. The summed E-state index contributed by atoms with van der Waals surface area (Å²) in [5.74, 6) is 0.452. The Labute approximate surface area is 122 Å². The highest BCUT2D eigenvalue weighted by Crippen LogP contribution is 2.03. The summed E-state index contributed by atoms with van der Waals surface area (Å²) in [5.41, 5.74) is 5.18. The Bertz CT molecular complexity index is 606. The van der Waals surface area contributed by atoms with Gasteiger partial charge in [0.2, 0.25) is 5.95 Å². The maximum Gasteiger partial charge on any atom is 0.229 e. The molecule has 2 rings (SSSR count). The smallest absolute Gasteiger partial charge is 0.229 e. The molecule has 0 amide bonds. The fourth-order valence-corrected chi connectivity index (χ4v) is 1.66. The van der Waals surface area contributed by atoms with Gasteiger partial charge in [-0.3, -0.25) is 15.7 Å². The Morgan fingerprint density at radius 3 is 2.65 bits per heavy atom. The first-order valence-corrected chi connectivity index (χ1v) is 6.38. The van der Waals surface area contributed by atoms with E-state index in [2.05, 4.69) is 30.8 Å². The molecule has 0 aromatic carbocycles. The van der Waals surface area contributed by atoms with Crippen molar-refractivity contribution in [3.8, 4) is 0 Å². The highest BCUT2D eigenvalue weighted by molar-refractivity contribution is 7.80. The summed E-state index contributed by atoms with van der Waals surface area (Å²) in [7, 11) is 0. The van der Waals surface area contributed by atoms with Gasteiger partial charge in [0.15, 0.2) is 5.11 Å². The summed E-state index contributed by atoms with van der Waals surface area (Å²) in [5, 5.41) is 7.18. The van der Waals surface area contributed by atoms with Gasteiger partial charge < -0.3 is 0 Å². The summed E-state index contributed by atoms with van der Waals surface area (Å²) in [6, 6.07) is 7.46. The average Bonchev–Trinajstić information content (AvgIpc) is 2.38. The van der Waals surface area contributed by atoms with Gasteiger partial charge in [0.25, 0.3) is 0 Å². The van der Waals surface area contributed by atoms with E-state index >= 15 is 0 Å². The molecule has 0 fully saturated rings. The van der Waals surface area contributed by atoms with Gasteiger partial charge in [0.05, 0.1) is 11.9 Å². The number of hydrogen-bond donors (Lipinski definition) is 2. The van der Waals surface area contributed by atoms with E-state index in [0.717, 1.165) is 17.1 Å². The third kappa shape index (κ3) is 4.36. The molecule has 0 bridgehead atoms. The van der Waals surface area contributed by atoms with Crippen LogP contribution < -0.4 is 10.7 Å². The molecule has 0 unspecified atom stereocenters. The number of nitrogens with one attached hydrogen (secondary N) is 2. The Balaban J connectivity index is 1.91. The summed E-state index contributed by atoms with van der Waals surface area (Å²) in [6.45, 7) is 3.80. The number of hydrogen-bond acceptors (Lipinski definition) is 5. The molecular formula is C13H14N6S. The van der Waals surface area contributed by atoms with Crippen molar-refractivity contribution in [3.63, 3.8) is 0 Å². The molecule has 6 nitrogen and oxygen atoms in total. The lowest BCUT2D eigenvalue weighted by atomic mass is 10.4. The van der Waals surface area contributed by atoms with Crippen LogP contribution in [0, 0.1) is 13.8 Å². The first-order chi connectivity index (χ1) is 9.63. The molecule has 0 saturated heterocycles. The van der Waals surface area contributed by atoms with Gasteiger partial charge in [-0.15, -0.1) is 0 Å². The molecule has 0 atom stereocenters. The van der Waals surface area contributed by atoms with E-state index in [9.17, 15) is 0 Å². The molecule has 0 saturated carbocycles. The van der Waals surface area contributed by atoms with Gasteiger partial charge >= 0.3 is 0 Å². The van der Waals surface area contributed by atoms with Crippen LogP contribution in [0.5, 0.6) is 0 Å². The maximum absolute atomic E-state index is 5.10. The number of aromatic nitrogens is 3. The highest BCUT2D eigenvalue weighted by Gasteiger charge is 2.01. The lowest BCUT2D eigenvalue weighted by molar-refractivity contribution is 1.02. The van der Waals surface area contributed by atoms with Crippen molar-refractivity contribution >= 4 is 29.5 Å². The second-order valence-electron chi connectivity index (χ2n) is 4.05. The predicted octanol–water partition coefficient (Wildman–Crippen LogP) is 1.81. The van der Waals surface area contributed by atoms with Crippen LogP contribution in [-0.2, 0) is 0 Å². The van der Waals surface area contributed by atoms with Crippen LogP contribution in [0.3, 0.4) is 0 Å². The normalized spacial score (nSPS) is 10.5. The molecule has 7 heteroatoms. The fraction of sp³-hybridized carbons (Fsp3) is 0.154. The second-order valence-corrected chi connectivity index (χ2v) is 4.46. The molecule has 0 aliphatic rings. The van der Waals surface area contributed by atoms with E-state index < -0.39 is 0 Å². The Morgan fingerprint density at radius 2 is 2.00 bits per heavy atom. The van der Waals surface area contributed by atoms with Crippen LogP contribution in [0.25, 0.3) is 0 Å². The summed E-state index contributed by atoms with van der Waals surface area (Å²) < 4.78 is 0. The molecule has 0 spiro atoms. The van der Waals surface area contributed by atoms with Crippen LogP contribution in [-0.4, -0.2) is 26.3 Å². The van der Waals surface area contributed by atoms with Gasteiger partial charge in [-0.2, -0.15) is 5.10 Å². The summed E-state index contributed by atoms with van der Waals surface area (Å²) in [6.07, 6.45) is 3.28. The van der Waals surface area contributed by atoms with Crippen LogP contribution in [0.15, 0.2) is 35.6 Å². The number of pyridine rings is 1. The molecule has 102 valence electrons. The number of aryl methyl sites for hydroxylation is 2. The van der Waals surface area contributed by atoms with Crippen molar-refractivity contribution in [1.82, 2.24) is 20.4 Å². The number of nitrogens with zero attached hydrogens (tertiary/aromatic N) is 4. The second kappa shape index (κ2) is 6.67. The van der Waals surface area contributed by atoms with E-state index in [0.29, 0.717) is 11.1 Å². The molecule has 2 aromatic rings. The first-order valence-electron chi connectivity index (χ1n) is 5.97. The molecule has 20 heavy (non-hydrogen) atoms. The summed E-state index contributed by atoms with van der Waals surface area (Å²) >= 11 is 5.10. The van der Waals surface area contributed by atoms with E-state index in [1.165, 1.54) is 0 Å². The molecule has 2 heterocycles. The fourth-order valence-electron chi connectivity index (χ4n) is 1.52. The standard InChI is InChI=1S/C13H14N6S/c1-9-7-10(2)17-12(16-9)18-13(20)19-15-8-11-5-3-4-6-14-11/h3-8H,1-2H3,(H2,16,17,18,19,20). The Kier molecular flexibility index (Phi) is 4.67. The van der Waals surface area contributed by atoms with Crippen molar-refractivity contribution in [2.75, 3.05) is 5.32 Å². The van der Waals surface area contributed by atoms with E-state index in [4.69, 9.17) is 12.2 Å². The van der Waals surface area contributed by atoms with Gasteiger partial charge in [-0.1, -0.05) is 6.07 Å². The van der Waals surface area contributed by atoms with Crippen LogP contribution in [0.1, 0.15) is 17.1 Å². The minimum atomic E-state index is 0.321. The zero-order chi connectivity index (χ0) is 14.4. The molecular weight excluding hydrogens is 272 g/mol. The van der Waals surface area contributed by atoms with Crippen LogP contribution in [0.2, 0.25) is 0 Å². The number of rotatable bonds is 3. The third-order valence-corrected chi connectivity index (χ3v) is 2.45. The number of anilines is 1. The van der Waals surface area contributed by atoms with Gasteiger partial charge in [0, 0.05) is 17.6 Å². The van der Waals surface area contributed by atoms with Crippen molar-refractivity contribution in [1.29, 1.82) is 0 Å². The molecule has 2 N–H and O–H groups in total. The Morgan fingerprint density at radius 1 is 1.25 bits per heavy atom. The molecule has 0 aliphatic heterocycles. The lowest BCUT2D eigenvalue weighted by Crippen LogP contribution is -2.25. The SMILES string of the molecule is Cc1cc(C)nc(NC(=S)NN=Cc2ccccn2)n1. The molecule has 2 aromatic heterocycles. The van der Waals surface area contributed by atoms with Gasteiger partial charge in [0.1, 0.15) is 0 Å². The molecule has 0 aliphatic carbocycles. The van der Waals surface area contributed by atoms with E-state index in [1.807, 2.05) is 38.1 Å². The maximum atomic E-state index is 5.10. The topological polar surface area (TPSA) is 75.1 Å². The highest BCUT2D eigenvalue weighted by atomic mass is 32.1. The predicted molar refractivity (Wildman–Crippen MR) is 82.7 cm³/mol. The van der Waals surface area contributed by atoms with Gasteiger partial charge in [-0.05, 0) is 44.3 Å². The summed E-state index contributed by atoms with van der Waals surface area (Å²) in [4.78, 5) is 12.6. The average molecular weight is 286 g/mol.